The molecule has 0 unspecified atom stereocenters. The van der Waals surface area contributed by atoms with E-state index in [-0.39, 0.29) is 0 Å². The maximum absolute atomic E-state index is 10.6. The summed E-state index contributed by atoms with van der Waals surface area (Å²) in [7, 11) is 1.62. The highest BCUT2D eigenvalue weighted by Crippen LogP contribution is 2.27. The van der Waals surface area contributed by atoms with Crippen LogP contribution in [0.2, 0.25) is 0 Å². The van der Waals surface area contributed by atoms with E-state index in [9.17, 15) is 4.79 Å². The molecule has 110 valence electrons. The molecule has 2 aromatic rings. The van der Waals surface area contributed by atoms with Crippen molar-refractivity contribution >= 4 is 28.3 Å². The number of aromatic nitrogens is 1. The van der Waals surface area contributed by atoms with Crippen molar-refractivity contribution in [2.24, 2.45) is 10.8 Å². The molecule has 0 radical (unpaired) electrons. The van der Waals surface area contributed by atoms with Crippen molar-refractivity contribution < 1.29 is 9.53 Å². The molecule has 1 aromatic carbocycles. The maximum Gasteiger partial charge on any atom is 0.332 e. The van der Waals surface area contributed by atoms with Gasteiger partial charge in [-0.25, -0.2) is 10.2 Å². The number of benzene rings is 1. The van der Waals surface area contributed by atoms with E-state index in [2.05, 4.69) is 20.8 Å². The highest BCUT2D eigenvalue weighted by Gasteiger charge is 2.05. The van der Waals surface area contributed by atoms with E-state index in [4.69, 9.17) is 10.5 Å². The lowest BCUT2D eigenvalue weighted by Crippen LogP contribution is -2.26. The molecule has 1 aromatic heterocycles. The summed E-state index contributed by atoms with van der Waals surface area (Å²) in [6.45, 7) is 2.22. The van der Waals surface area contributed by atoms with E-state index in [0.717, 1.165) is 22.3 Å². The number of hydrogen-bond donors (Lipinski definition) is 3. The van der Waals surface area contributed by atoms with Gasteiger partial charge in [-0.05, 0) is 19.1 Å². The minimum atomic E-state index is -0.692. The van der Waals surface area contributed by atoms with Crippen molar-refractivity contribution in [2.45, 2.75) is 6.92 Å². The van der Waals surface area contributed by atoms with Crippen molar-refractivity contribution in [1.82, 2.24) is 10.4 Å². The summed E-state index contributed by atoms with van der Waals surface area (Å²) in [6.07, 6.45) is 1.73. The summed E-state index contributed by atoms with van der Waals surface area (Å²) in [5.41, 5.74) is 9.50. The van der Waals surface area contributed by atoms with Crippen LogP contribution in [0.25, 0.3) is 10.9 Å². The molecule has 0 aliphatic rings. The summed E-state index contributed by atoms with van der Waals surface area (Å²) < 4.78 is 5.28. The van der Waals surface area contributed by atoms with Crippen molar-refractivity contribution in [2.75, 3.05) is 19.0 Å². The number of primary amides is 1. The minimum absolute atomic E-state index is 0.444. The first-order chi connectivity index (χ1) is 10.1. The Hall–Kier alpha value is -2.83. The van der Waals surface area contributed by atoms with Crippen molar-refractivity contribution in [3.8, 4) is 5.75 Å². The second-order valence-electron chi connectivity index (χ2n) is 4.43. The lowest BCUT2D eigenvalue weighted by Gasteiger charge is -2.11. The van der Waals surface area contributed by atoms with Gasteiger partial charge >= 0.3 is 6.03 Å². The SMILES string of the molecule is COc1cc(NC/C(C)=N/NC(N)=O)c2ncccc2c1. The number of anilines is 1. The Morgan fingerprint density at radius 2 is 2.29 bits per heavy atom. The maximum atomic E-state index is 10.6. The Kier molecular flexibility index (Phi) is 4.55. The first kappa shape index (κ1) is 14.6. The van der Waals surface area contributed by atoms with Crippen molar-refractivity contribution in [1.29, 1.82) is 0 Å². The van der Waals surface area contributed by atoms with Crippen LogP contribution in [0.3, 0.4) is 0 Å². The molecule has 2 amide bonds. The van der Waals surface area contributed by atoms with Crippen LogP contribution >= 0.6 is 0 Å². The molecule has 21 heavy (non-hydrogen) atoms. The minimum Gasteiger partial charge on any atom is -0.497 e. The quantitative estimate of drug-likeness (QED) is 0.575. The van der Waals surface area contributed by atoms with Gasteiger partial charge in [0.15, 0.2) is 0 Å². The summed E-state index contributed by atoms with van der Waals surface area (Å²) in [5, 5.41) is 8.04. The molecule has 0 aliphatic carbocycles. The first-order valence-electron chi connectivity index (χ1n) is 6.35. The number of nitrogens with zero attached hydrogens (tertiary/aromatic N) is 2. The van der Waals surface area contributed by atoms with Crippen LogP contribution in [0.4, 0.5) is 10.5 Å². The molecule has 0 bridgehead atoms. The lowest BCUT2D eigenvalue weighted by atomic mass is 10.1. The van der Waals surface area contributed by atoms with Gasteiger partial charge in [-0.15, -0.1) is 0 Å². The number of carbonyl (C=O) groups excluding carboxylic acids is 1. The smallest absolute Gasteiger partial charge is 0.332 e. The standard InChI is InChI=1S/C14H17N5O2/c1-9(18-19-14(15)20)8-17-12-7-11(21-2)6-10-4-3-5-16-13(10)12/h3-7,17H,8H2,1-2H3,(H3,15,19,20)/b18-9+. The zero-order valence-electron chi connectivity index (χ0n) is 11.9. The number of rotatable bonds is 5. The monoisotopic (exact) mass is 287 g/mol. The average molecular weight is 287 g/mol. The fourth-order valence-electron chi connectivity index (χ4n) is 1.83. The fraction of sp³-hybridized carbons (Fsp3) is 0.214. The molecule has 0 saturated carbocycles. The van der Waals surface area contributed by atoms with Gasteiger partial charge in [0.25, 0.3) is 0 Å². The number of pyridine rings is 1. The van der Waals surface area contributed by atoms with E-state index in [0.29, 0.717) is 12.3 Å². The number of fused-ring (bicyclic) bond motifs is 1. The molecular formula is C14H17N5O2. The number of amides is 2. The third-order valence-corrected chi connectivity index (χ3v) is 2.81. The molecule has 7 heteroatoms. The number of carbonyl (C=O) groups is 1. The van der Waals surface area contributed by atoms with Crippen LogP contribution < -0.4 is 21.2 Å². The third-order valence-electron chi connectivity index (χ3n) is 2.81. The van der Waals surface area contributed by atoms with Crippen LogP contribution in [-0.2, 0) is 0 Å². The molecule has 0 atom stereocenters. The average Bonchev–Trinajstić information content (AvgIpc) is 2.50. The molecule has 2 rings (SSSR count). The van der Waals surface area contributed by atoms with Gasteiger partial charge in [0.05, 0.1) is 30.6 Å². The predicted molar refractivity (Wildman–Crippen MR) is 82.6 cm³/mol. The normalized spacial score (nSPS) is 11.2. The summed E-state index contributed by atoms with van der Waals surface area (Å²) in [5.74, 6) is 0.739. The molecule has 0 aliphatic heterocycles. The molecule has 4 N–H and O–H groups in total. The van der Waals surface area contributed by atoms with Gasteiger partial charge in [-0.1, -0.05) is 6.07 Å². The molecule has 1 heterocycles. The summed E-state index contributed by atoms with van der Waals surface area (Å²) in [4.78, 5) is 15.0. The van der Waals surface area contributed by atoms with Crippen molar-refractivity contribution in [3.05, 3.63) is 30.5 Å². The number of nitrogens with two attached hydrogens (primary N) is 1. The van der Waals surface area contributed by atoms with Crippen molar-refractivity contribution in [3.63, 3.8) is 0 Å². The number of ether oxygens (including phenoxy) is 1. The zero-order valence-corrected chi connectivity index (χ0v) is 11.9. The zero-order chi connectivity index (χ0) is 15.2. The molecule has 0 saturated heterocycles. The van der Waals surface area contributed by atoms with Gasteiger partial charge in [-0.3, -0.25) is 4.98 Å². The number of hydrazone groups is 1. The van der Waals surface area contributed by atoms with E-state index < -0.39 is 6.03 Å². The van der Waals surface area contributed by atoms with E-state index in [1.165, 1.54) is 0 Å². The van der Waals surface area contributed by atoms with Crippen LogP contribution in [0.15, 0.2) is 35.6 Å². The first-order valence-corrected chi connectivity index (χ1v) is 6.35. The van der Waals surface area contributed by atoms with Gasteiger partial charge in [-0.2, -0.15) is 5.10 Å². The van der Waals surface area contributed by atoms with Crippen LogP contribution in [-0.4, -0.2) is 30.4 Å². The fourth-order valence-corrected chi connectivity index (χ4v) is 1.83. The summed E-state index contributed by atoms with van der Waals surface area (Å²) in [6, 6.07) is 6.93. The topological polar surface area (TPSA) is 102 Å². The molecule has 0 fully saturated rings. The molecule has 0 spiro atoms. The van der Waals surface area contributed by atoms with E-state index in [1.54, 1.807) is 20.2 Å². The second-order valence-corrected chi connectivity index (χ2v) is 4.43. The summed E-state index contributed by atoms with van der Waals surface area (Å²) >= 11 is 0. The van der Waals surface area contributed by atoms with E-state index >= 15 is 0 Å². The Balaban J connectivity index is 2.21. The Morgan fingerprint density at radius 1 is 1.48 bits per heavy atom. The molecular weight excluding hydrogens is 270 g/mol. The van der Waals surface area contributed by atoms with Gasteiger partial charge in [0.1, 0.15) is 5.75 Å². The van der Waals surface area contributed by atoms with Gasteiger partial charge in [0, 0.05) is 17.6 Å². The van der Waals surface area contributed by atoms with Gasteiger partial charge < -0.3 is 15.8 Å². The molecule has 7 nitrogen and oxygen atoms in total. The largest absolute Gasteiger partial charge is 0.497 e. The van der Waals surface area contributed by atoms with Crippen LogP contribution in [0.5, 0.6) is 5.75 Å². The highest BCUT2D eigenvalue weighted by atomic mass is 16.5. The predicted octanol–water partition coefficient (Wildman–Crippen LogP) is 1.70. The van der Waals surface area contributed by atoms with E-state index in [1.807, 2.05) is 24.3 Å². The highest BCUT2D eigenvalue weighted by molar-refractivity contribution is 5.94. The number of methoxy groups -OCH3 is 1. The Morgan fingerprint density at radius 3 is 3.00 bits per heavy atom. The number of hydrogen-bond acceptors (Lipinski definition) is 5. The van der Waals surface area contributed by atoms with Crippen LogP contribution in [0, 0.1) is 0 Å². The lowest BCUT2D eigenvalue weighted by molar-refractivity contribution is 0.249. The third kappa shape index (κ3) is 3.82. The second kappa shape index (κ2) is 6.56. The van der Waals surface area contributed by atoms with Gasteiger partial charge in [0.2, 0.25) is 0 Å². The van der Waals surface area contributed by atoms with Crippen LogP contribution in [0.1, 0.15) is 6.92 Å². The number of urea groups is 1. The Labute approximate surface area is 122 Å². The number of nitrogens with one attached hydrogen (secondary N) is 2. The Bertz CT molecular complexity index is 684.